The highest BCUT2D eigenvalue weighted by molar-refractivity contribution is 9.10. The molecule has 0 bridgehead atoms. The van der Waals surface area contributed by atoms with Crippen LogP contribution < -0.4 is 5.32 Å². The fourth-order valence-electron chi connectivity index (χ4n) is 3.43. The van der Waals surface area contributed by atoms with Crippen LogP contribution in [0, 0.1) is 5.82 Å². The number of nitrogens with one attached hydrogen (secondary N) is 1. The van der Waals surface area contributed by atoms with E-state index in [0.29, 0.717) is 18.5 Å². The normalized spacial score (nSPS) is 15.5. The summed E-state index contributed by atoms with van der Waals surface area (Å²) in [4.78, 5) is 12.6. The molecular weight excluding hydrogens is 447 g/mol. The third-order valence-electron chi connectivity index (χ3n) is 4.81. The van der Waals surface area contributed by atoms with Gasteiger partial charge in [0.15, 0.2) is 0 Å². The van der Waals surface area contributed by atoms with Crippen LogP contribution in [0.1, 0.15) is 32.1 Å². The van der Waals surface area contributed by atoms with Crippen molar-refractivity contribution >= 4 is 37.5 Å². The molecule has 1 N–H and O–H groups in total. The number of anilines is 1. The number of benzene rings is 2. The smallest absolute Gasteiger partial charge is 0.243 e. The summed E-state index contributed by atoms with van der Waals surface area (Å²) in [5.74, 6) is -0.912. The molecule has 2 aromatic carbocycles. The molecule has 5 nitrogen and oxygen atoms in total. The summed E-state index contributed by atoms with van der Waals surface area (Å²) in [6, 6.07) is 11.6. The Hall–Kier alpha value is -1.77. The van der Waals surface area contributed by atoms with Crippen LogP contribution in [0.3, 0.4) is 0 Å². The molecule has 0 aromatic heterocycles. The van der Waals surface area contributed by atoms with Crippen molar-refractivity contribution in [2.24, 2.45) is 0 Å². The average Bonchev–Trinajstić information content (AvgIpc) is 2.67. The standard InChI is InChI=1S/C20H22BrFN2O3S/c21-15-5-4-6-17(13-15)23-20(25)14-24(18-7-2-1-3-8-18)28(26,27)19-11-9-16(22)10-12-19/h4-6,9-13,18H,1-3,7-8,14H2,(H,23,25). The number of sulfonamides is 1. The van der Waals surface area contributed by atoms with Crippen molar-refractivity contribution in [3.8, 4) is 0 Å². The van der Waals surface area contributed by atoms with E-state index in [-0.39, 0.29) is 17.5 Å². The zero-order valence-electron chi connectivity index (χ0n) is 15.3. The topological polar surface area (TPSA) is 66.5 Å². The molecule has 8 heteroatoms. The quantitative estimate of drug-likeness (QED) is 0.675. The lowest BCUT2D eigenvalue weighted by Crippen LogP contribution is -2.45. The fourth-order valence-corrected chi connectivity index (χ4v) is 5.47. The summed E-state index contributed by atoms with van der Waals surface area (Å²) in [6.45, 7) is -0.281. The second-order valence-corrected chi connectivity index (χ2v) is 9.66. The molecule has 1 amide bonds. The van der Waals surface area contributed by atoms with Crippen LogP contribution in [0.25, 0.3) is 0 Å². The van der Waals surface area contributed by atoms with Gasteiger partial charge in [-0.15, -0.1) is 0 Å². The van der Waals surface area contributed by atoms with Crippen molar-refractivity contribution in [2.45, 2.75) is 43.0 Å². The van der Waals surface area contributed by atoms with Crippen LogP contribution >= 0.6 is 15.9 Å². The average molecular weight is 469 g/mol. The molecule has 0 unspecified atom stereocenters. The van der Waals surface area contributed by atoms with Crippen molar-refractivity contribution in [2.75, 3.05) is 11.9 Å². The van der Waals surface area contributed by atoms with Crippen molar-refractivity contribution in [1.29, 1.82) is 0 Å². The first kappa shape index (κ1) is 21.0. The van der Waals surface area contributed by atoms with Gasteiger partial charge in [-0.1, -0.05) is 41.3 Å². The van der Waals surface area contributed by atoms with E-state index in [2.05, 4.69) is 21.2 Å². The number of halogens is 2. The Balaban J connectivity index is 1.84. The number of rotatable bonds is 6. The summed E-state index contributed by atoms with van der Waals surface area (Å²) >= 11 is 3.35. The third-order valence-corrected chi connectivity index (χ3v) is 7.22. The van der Waals surface area contributed by atoms with Crippen LogP contribution in [-0.4, -0.2) is 31.2 Å². The molecule has 1 fully saturated rings. The summed E-state index contributed by atoms with van der Waals surface area (Å²) in [7, 11) is -3.92. The van der Waals surface area contributed by atoms with E-state index < -0.39 is 21.7 Å². The Kier molecular flexibility index (Phi) is 6.85. The predicted octanol–water partition coefficient (Wildman–Crippen LogP) is 4.55. The molecule has 0 spiro atoms. The number of nitrogens with zero attached hydrogens (tertiary/aromatic N) is 1. The van der Waals surface area contributed by atoms with Gasteiger partial charge in [0.2, 0.25) is 15.9 Å². The number of hydrogen-bond donors (Lipinski definition) is 1. The van der Waals surface area contributed by atoms with Crippen molar-refractivity contribution in [1.82, 2.24) is 4.31 Å². The first-order chi connectivity index (χ1) is 13.4. The van der Waals surface area contributed by atoms with Gasteiger partial charge in [-0.2, -0.15) is 4.31 Å². The number of carbonyl (C=O) groups is 1. The van der Waals surface area contributed by atoms with Gasteiger partial charge in [0.05, 0.1) is 11.4 Å². The first-order valence-corrected chi connectivity index (χ1v) is 11.4. The zero-order valence-corrected chi connectivity index (χ0v) is 17.7. The summed E-state index contributed by atoms with van der Waals surface area (Å²) in [5, 5.41) is 2.75. The van der Waals surface area contributed by atoms with Crippen molar-refractivity contribution in [3.63, 3.8) is 0 Å². The zero-order chi connectivity index (χ0) is 20.1. The number of hydrogen-bond acceptors (Lipinski definition) is 3. The van der Waals surface area contributed by atoms with Gasteiger partial charge < -0.3 is 5.32 Å². The van der Waals surface area contributed by atoms with Crippen LogP contribution in [0.2, 0.25) is 0 Å². The molecule has 0 radical (unpaired) electrons. The Morgan fingerprint density at radius 2 is 1.79 bits per heavy atom. The third kappa shape index (κ3) is 5.18. The molecule has 3 rings (SSSR count). The number of carbonyl (C=O) groups excluding carboxylic acids is 1. The Morgan fingerprint density at radius 1 is 1.11 bits per heavy atom. The maximum atomic E-state index is 13.2. The lowest BCUT2D eigenvalue weighted by Gasteiger charge is -2.33. The molecule has 0 saturated heterocycles. The van der Waals surface area contributed by atoms with Crippen LogP contribution in [0.4, 0.5) is 10.1 Å². The molecule has 2 aromatic rings. The molecule has 1 aliphatic rings. The van der Waals surface area contributed by atoms with Gasteiger partial charge in [-0.05, 0) is 55.3 Å². The molecule has 0 heterocycles. The number of amides is 1. The molecule has 150 valence electrons. The van der Waals surface area contributed by atoms with Crippen LogP contribution in [0.15, 0.2) is 57.9 Å². The van der Waals surface area contributed by atoms with Gasteiger partial charge in [-0.25, -0.2) is 12.8 Å². The maximum absolute atomic E-state index is 13.2. The van der Waals surface area contributed by atoms with Crippen LogP contribution in [-0.2, 0) is 14.8 Å². The van der Waals surface area contributed by atoms with E-state index >= 15 is 0 Å². The highest BCUT2D eigenvalue weighted by atomic mass is 79.9. The van der Waals surface area contributed by atoms with Crippen molar-refractivity contribution in [3.05, 3.63) is 58.8 Å². The second-order valence-electron chi connectivity index (χ2n) is 6.85. The molecule has 28 heavy (non-hydrogen) atoms. The molecular formula is C20H22BrFN2O3S. The van der Waals surface area contributed by atoms with E-state index in [1.54, 1.807) is 18.2 Å². The summed E-state index contributed by atoms with van der Waals surface area (Å²) in [6.07, 6.45) is 4.33. The van der Waals surface area contributed by atoms with Gasteiger partial charge in [-0.3, -0.25) is 4.79 Å². The molecule has 1 aliphatic carbocycles. The predicted molar refractivity (Wildman–Crippen MR) is 110 cm³/mol. The first-order valence-electron chi connectivity index (χ1n) is 9.19. The van der Waals surface area contributed by atoms with Crippen LogP contribution in [0.5, 0.6) is 0 Å². The SMILES string of the molecule is O=C(CN(C1CCCCC1)S(=O)(=O)c1ccc(F)cc1)Nc1cccc(Br)c1. The minimum absolute atomic E-state index is 0.00488. The highest BCUT2D eigenvalue weighted by Gasteiger charge is 2.34. The Morgan fingerprint density at radius 3 is 2.43 bits per heavy atom. The molecule has 0 atom stereocenters. The summed E-state index contributed by atoms with van der Waals surface area (Å²) < 4.78 is 41.7. The fraction of sp³-hybridized carbons (Fsp3) is 0.350. The minimum atomic E-state index is -3.92. The minimum Gasteiger partial charge on any atom is -0.325 e. The van der Waals surface area contributed by atoms with Gasteiger partial charge >= 0.3 is 0 Å². The van der Waals surface area contributed by atoms with E-state index in [1.807, 2.05) is 6.07 Å². The molecule has 0 aliphatic heterocycles. The lowest BCUT2D eigenvalue weighted by molar-refractivity contribution is -0.116. The lowest BCUT2D eigenvalue weighted by atomic mass is 9.95. The Bertz CT molecular complexity index is 929. The van der Waals surface area contributed by atoms with E-state index in [4.69, 9.17) is 0 Å². The second kappa shape index (κ2) is 9.15. The van der Waals surface area contributed by atoms with Gasteiger partial charge in [0.1, 0.15) is 5.82 Å². The largest absolute Gasteiger partial charge is 0.325 e. The summed E-state index contributed by atoms with van der Waals surface area (Å²) in [5.41, 5.74) is 0.585. The van der Waals surface area contributed by atoms with E-state index in [1.165, 1.54) is 16.4 Å². The highest BCUT2D eigenvalue weighted by Crippen LogP contribution is 2.28. The van der Waals surface area contributed by atoms with Crippen molar-refractivity contribution < 1.29 is 17.6 Å². The van der Waals surface area contributed by atoms with E-state index in [9.17, 15) is 17.6 Å². The maximum Gasteiger partial charge on any atom is 0.243 e. The van der Waals surface area contributed by atoms with E-state index in [0.717, 1.165) is 35.9 Å². The monoisotopic (exact) mass is 468 g/mol. The van der Waals surface area contributed by atoms with Gasteiger partial charge in [0, 0.05) is 16.2 Å². The van der Waals surface area contributed by atoms with Gasteiger partial charge in [0.25, 0.3) is 0 Å². The molecule has 1 saturated carbocycles. The Labute approximate surface area is 173 Å².